The van der Waals surface area contributed by atoms with Gasteiger partial charge < -0.3 is 0 Å². The molecular weight excluding hydrogens is 156 g/mol. The molecule has 0 saturated heterocycles. The third-order valence-corrected chi connectivity index (χ3v) is 2.28. The molecule has 0 bridgehead atoms. The summed E-state index contributed by atoms with van der Waals surface area (Å²) in [6.45, 7) is 9.00. The van der Waals surface area contributed by atoms with Crippen molar-refractivity contribution in [2.45, 2.75) is 57.8 Å². The quantitative estimate of drug-likeness (QED) is 0.337. The molecule has 1 radical (unpaired) electrons. The van der Waals surface area contributed by atoms with Crippen molar-refractivity contribution < 1.29 is 0 Å². The van der Waals surface area contributed by atoms with E-state index in [0.29, 0.717) is 0 Å². The smallest absolute Gasteiger partial charge is 0.0348 e. The van der Waals surface area contributed by atoms with Crippen molar-refractivity contribution in [2.24, 2.45) is 0 Å². The lowest BCUT2D eigenvalue weighted by atomic mass is 10.1. The number of rotatable bonds is 10. The molecule has 0 atom stereocenters. The first-order chi connectivity index (χ1) is 6.41. The second-order valence-corrected chi connectivity index (χ2v) is 3.58. The Hall–Kier alpha value is -0.520. The zero-order valence-corrected chi connectivity index (χ0v) is 8.80. The van der Waals surface area contributed by atoms with Crippen LogP contribution in [-0.4, -0.2) is 0 Å². The van der Waals surface area contributed by atoms with Crippen molar-refractivity contribution in [1.29, 1.82) is 0 Å². The molecule has 0 heteroatoms. The van der Waals surface area contributed by atoms with E-state index in [1.807, 2.05) is 6.08 Å². The van der Waals surface area contributed by atoms with Crippen molar-refractivity contribution >= 4 is 0 Å². The molecule has 13 heavy (non-hydrogen) atoms. The van der Waals surface area contributed by atoms with Gasteiger partial charge in [-0.1, -0.05) is 50.8 Å². The molecule has 0 N–H and O–H groups in total. The lowest BCUT2D eigenvalue weighted by Gasteiger charge is -1.99. The molecule has 0 fully saturated rings. The minimum absolute atomic E-state index is 1.08. The van der Waals surface area contributed by atoms with E-state index < -0.39 is 0 Å². The van der Waals surface area contributed by atoms with Crippen molar-refractivity contribution in [2.75, 3.05) is 0 Å². The van der Waals surface area contributed by atoms with Crippen LogP contribution in [0.15, 0.2) is 18.7 Å². The fourth-order valence-corrected chi connectivity index (χ4v) is 1.43. The van der Waals surface area contributed by atoms with Gasteiger partial charge in [-0.05, 0) is 25.7 Å². The van der Waals surface area contributed by atoms with Gasteiger partial charge in [0.25, 0.3) is 0 Å². The number of unbranched alkanes of at least 4 members (excludes halogenated alkanes) is 8. The van der Waals surface area contributed by atoms with Gasteiger partial charge in [0.05, 0.1) is 0 Å². The van der Waals surface area contributed by atoms with Gasteiger partial charge >= 0.3 is 0 Å². The molecule has 0 unspecified atom stereocenters. The summed E-state index contributed by atoms with van der Waals surface area (Å²) in [6, 6.07) is 0. The molecule has 0 amide bonds. The molecule has 0 aliphatic rings. The van der Waals surface area contributed by atoms with Crippen molar-refractivity contribution in [3.8, 4) is 0 Å². The molecule has 75 valence electrons. The van der Waals surface area contributed by atoms with Gasteiger partial charge in [-0.2, -0.15) is 0 Å². The second-order valence-electron chi connectivity index (χ2n) is 3.58. The lowest BCUT2D eigenvalue weighted by Crippen LogP contribution is -1.79. The van der Waals surface area contributed by atoms with E-state index in [0.717, 1.165) is 6.42 Å². The molecular formula is C13H23. The van der Waals surface area contributed by atoms with Crippen LogP contribution >= 0.6 is 0 Å². The van der Waals surface area contributed by atoms with Gasteiger partial charge in [0.1, 0.15) is 0 Å². The molecule has 0 aliphatic carbocycles. The van der Waals surface area contributed by atoms with E-state index in [2.05, 4.69) is 6.58 Å². The SMILES string of the molecule is [CH]=CCCCCCCCCCC=C. The first-order valence-electron chi connectivity index (χ1n) is 5.56. The number of hydrogen-bond acceptors (Lipinski definition) is 0. The number of hydrogen-bond donors (Lipinski definition) is 0. The van der Waals surface area contributed by atoms with Crippen LogP contribution in [0.5, 0.6) is 0 Å². The number of allylic oxidation sites excluding steroid dienone is 2. The van der Waals surface area contributed by atoms with Crippen molar-refractivity contribution in [1.82, 2.24) is 0 Å². The van der Waals surface area contributed by atoms with Gasteiger partial charge in [-0.25, -0.2) is 0 Å². The summed E-state index contributed by atoms with van der Waals surface area (Å²) in [5.74, 6) is 0. The van der Waals surface area contributed by atoms with Gasteiger partial charge in [-0.3, -0.25) is 0 Å². The van der Waals surface area contributed by atoms with E-state index >= 15 is 0 Å². The van der Waals surface area contributed by atoms with Crippen LogP contribution < -0.4 is 0 Å². The van der Waals surface area contributed by atoms with Crippen LogP contribution in [0.2, 0.25) is 0 Å². The van der Waals surface area contributed by atoms with Gasteiger partial charge in [0.15, 0.2) is 0 Å². The predicted molar refractivity (Wildman–Crippen MR) is 60.6 cm³/mol. The fraction of sp³-hybridized carbons (Fsp3) is 0.692. The Kier molecular flexibility index (Phi) is 11.0. The largest absolute Gasteiger partial charge is 0.103 e. The minimum atomic E-state index is 1.08. The maximum atomic E-state index is 5.29. The van der Waals surface area contributed by atoms with Crippen LogP contribution in [0.1, 0.15) is 57.8 Å². The molecule has 0 aliphatic heterocycles. The normalized spacial score (nSPS) is 9.85. The Morgan fingerprint density at radius 1 is 0.769 bits per heavy atom. The van der Waals surface area contributed by atoms with Crippen LogP contribution in [0.25, 0.3) is 0 Å². The minimum Gasteiger partial charge on any atom is -0.103 e. The third kappa shape index (κ3) is 11.5. The summed E-state index contributed by atoms with van der Waals surface area (Å²) in [4.78, 5) is 0. The maximum absolute atomic E-state index is 5.29. The van der Waals surface area contributed by atoms with E-state index in [1.165, 1.54) is 51.4 Å². The molecule has 0 rings (SSSR count). The Morgan fingerprint density at radius 3 is 1.69 bits per heavy atom. The van der Waals surface area contributed by atoms with Crippen LogP contribution in [0.3, 0.4) is 0 Å². The molecule has 0 aromatic rings. The highest BCUT2D eigenvalue weighted by atomic mass is 14.0. The summed E-state index contributed by atoms with van der Waals surface area (Å²) < 4.78 is 0. The van der Waals surface area contributed by atoms with Crippen LogP contribution in [0, 0.1) is 6.58 Å². The molecule has 0 spiro atoms. The summed E-state index contributed by atoms with van der Waals surface area (Å²) in [7, 11) is 0. The molecule has 0 nitrogen and oxygen atoms in total. The highest BCUT2D eigenvalue weighted by Gasteiger charge is 1.89. The van der Waals surface area contributed by atoms with E-state index in [-0.39, 0.29) is 0 Å². The molecule has 0 heterocycles. The second kappa shape index (κ2) is 11.5. The highest BCUT2D eigenvalue weighted by Crippen LogP contribution is 2.09. The Labute approximate surface area is 83.7 Å². The third-order valence-electron chi connectivity index (χ3n) is 2.28. The predicted octanol–water partition coefficient (Wildman–Crippen LogP) is 4.67. The van der Waals surface area contributed by atoms with Crippen molar-refractivity contribution in [3.05, 3.63) is 25.3 Å². The van der Waals surface area contributed by atoms with E-state index in [4.69, 9.17) is 6.58 Å². The zero-order valence-electron chi connectivity index (χ0n) is 8.80. The highest BCUT2D eigenvalue weighted by molar-refractivity contribution is 4.65. The zero-order chi connectivity index (χ0) is 9.78. The van der Waals surface area contributed by atoms with Gasteiger partial charge in [-0.15, -0.1) is 6.58 Å². The Morgan fingerprint density at radius 2 is 1.23 bits per heavy atom. The molecule has 0 aromatic heterocycles. The molecule has 0 aromatic carbocycles. The monoisotopic (exact) mass is 179 g/mol. The van der Waals surface area contributed by atoms with Crippen LogP contribution in [-0.2, 0) is 0 Å². The summed E-state index contributed by atoms with van der Waals surface area (Å²) in [5.41, 5.74) is 0. The van der Waals surface area contributed by atoms with Gasteiger partial charge in [0, 0.05) is 0 Å². The first-order valence-corrected chi connectivity index (χ1v) is 5.56. The fourth-order valence-electron chi connectivity index (χ4n) is 1.43. The lowest BCUT2D eigenvalue weighted by molar-refractivity contribution is 0.584. The topological polar surface area (TPSA) is 0 Å². The maximum Gasteiger partial charge on any atom is -0.0348 e. The van der Waals surface area contributed by atoms with Gasteiger partial charge in [0.2, 0.25) is 0 Å². The van der Waals surface area contributed by atoms with E-state index in [9.17, 15) is 0 Å². The Bertz CT molecular complexity index is 99.2. The summed E-state index contributed by atoms with van der Waals surface area (Å²) >= 11 is 0. The molecule has 0 saturated carbocycles. The summed E-state index contributed by atoms with van der Waals surface area (Å²) in [5, 5.41) is 0. The van der Waals surface area contributed by atoms with Crippen LogP contribution in [0.4, 0.5) is 0 Å². The van der Waals surface area contributed by atoms with Crippen molar-refractivity contribution in [3.63, 3.8) is 0 Å². The Balaban J connectivity index is 2.83. The average Bonchev–Trinajstić information content (AvgIpc) is 2.16. The average molecular weight is 179 g/mol. The first kappa shape index (κ1) is 12.5. The summed E-state index contributed by atoms with van der Waals surface area (Å²) in [6.07, 6.45) is 15.5. The van der Waals surface area contributed by atoms with E-state index in [1.54, 1.807) is 6.08 Å². The standard InChI is InChI=1S/C13H23/c1-3-5-7-9-11-13-12-10-8-6-4-2/h1,3-4H,2,5-13H2.